The first-order chi connectivity index (χ1) is 7.56. The van der Waals surface area contributed by atoms with Crippen LogP contribution in [-0.2, 0) is 4.79 Å². The first-order valence-electron chi connectivity index (χ1n) is 4.86. The van der Waals surface area contributed by atoms with E-state index in [2.05, 4.69) is 5.32 Å². The highest BCUT2D eigenvalue weighted by Crippen LogP contribution is 2.25. The molecule has 0 radical (unpaired) electrons. The summed E-state index contributed by atoms with van der Waals surface area (Å²) in [4.78, 5) is 11.4. The van der Waals surface area contributed by atoms with Crippen LogP contribution in [0.1, 0.15) is 6.92 Å². The number of carbonyl (C=O) groups excluding carboxylic acids is 1. The van der Waals surface area contributed by atoms with Crippen molar-refractivity contribution in [3.63, 3.8) is 0 Å². The summed E-state index contributed by atoms with van der Waals surface area (Å²) in [5.41, 5.74) is 6.05. The SMILES string of the molecule is COc1cc(NC(=O)[C@H](C)N)cc(OC)c1.Cl. The van der Waals surface area contributed by atoms with Crippen LogP contribution in [0.5, 0.6) is 11.5 Å². The van der Waals surface area contributed by atoms with Crippen LogP contribution in [0.4, 0.5) is 5.69 Å². The minimum Gasteiger partial charge on any atom is -0.497 e. The van der Waals surface area contributed by atoms with Crippen molar-refractivity contribution in [2.24, 2.45) is 5.73 Å². The van der Waals surface area contributed by atoms with Gasteiger partial charge in [-0.15, -0.1) is 12.4 Å². The van der Waals surface area contributed by atoms with Crippen molar-refractivity contribution in [1.82, 2.24) is 0 Å². The van der Waals surface area contributed by atoms with E-state index in [0.717, 1.165) is 0 Å². The van der Waals surface area contributed by atoms with E-state index in [-0.39, 0.29) is 18.3 Å². The molecule has 3 N–H and O–H groups in total. The van der Waals surface area contributed by atoms with Crippen molar-refractivity contribution >= 4 is 24.0 Å². The van der Waals surface area contributed by atoms with Gasteiger partial charge in [-0.2, -0.15) is 0 Å². The standard InChI is InChI=1S/C11H16N2O3.ClH/c1-7(12)11(14)13-8-4-9(15-2)6-10(5-8)16-3;/h4-7H,12H2,1-3H3,(H,13,14);1H/t7-;/m0./s1. The predicted octanol–water partition coefficient (Wildman–Crippen LogP) is 1.41. The molecular weight excluding hydrogens is 244 g/mol. The van der Waals surface area contributed by atoms with Gasteiger partial charge in [0.25, 0.3) is 0 Å². The number of rotatable bonds is 4. The Bertz CT molecular complexity index is 361. The van der Waals surface area contributed by atoms with E-state index in [4.69, 9.17) is 15.2 Å². The first-order valence-corrected chi connectivity index (χ1v) is 4.86. The second-order valence-corrected chi connectivity index (χ2v) is 3.38. The Morgan fingerprint density at radius 3 is 2.06 bits per heavy atom. The van der Waals surface area contributed by atoms with Crippen molar-refractivity contribution in [3.8, 4) is 11.5 Å². The van der Waals surface area contributed by atoms with Crippen molar-refractivity contribution in [2.75, 3.05) is 19.5 Å². The number of benzene rings is 1. The van der Waals surface area contributed by atoms with Crippen LogP contribution in [-0.4, -0.2) is 26.2 Å². The topological polar surface area (TPSA) is 73.6 Å². The molecule has 0 fully saturated rings. The third-order valence-corrected chi connectivity index (χ3v) is 2.03. The second-order valence-electron chi connectivity index (χ2n) is 3.38. The van der Waals surface area contributed by atoms with Gasteiger partial charge in [-0.25, -0.2) is 0 Å². The molecule has 0 saturated heterocycles. The maximum absolute atomic E-state index is 11.4. The number of nitrogens with two attached hydrogens (primary N) is 1. The second kappa shape index (κ2) is 6.98. The number of amides is 1. The van der Waals surface area contributed by atoms with E-state index in [1.165, 1.54) is 0 Å². The molecule has 1 rings (SSSR count). The number of nitrogens with one attached hydrogen (secondary N) is 1. The van der Waals surface area contributed by atoms with Gasteiger partial charge in [0, 0.05) is 23.9 Å². The quantitative estimate of drug-likeness (QED) is 0.859. The number of methoxy groups -OCH3 is 2. The minimum atomic E-state index is -0.558. The van der Waals surface area contributed by atoms with Gasteiger partial charge in [-0.05, 0) is 6.92 Å². The fourth-order valence-electron chi connectivity index (χ4n) is 1.14. The van der Waals surface area contributed by atoms with Crippen molar-refractivity contribution < 1.29 is 14.3 Å². The van der Waals surface area contributed by atoms with E-state index in [1.54, 1.807) is 39.3 Å². The summed E-state index contributed by atoms with van der Waals surface area (Å²) in [6, 6.07) is 4.56. The smallest absolute Gasteiger partial charge is 0.241 e. The van der Waals surface area contributed by atoms with Crippen molar-refractivity contribution in [3.05, 3.63) is 18.2 Å². The molecule has 0 aliphatic rings. The summed E-state index contributed by atoms with van der Waals surface area (Å²) in [5, 5.41) is 2.67. The summed E-state index contributed by atoms with van der Waals surface area (Å²) in [5.74, 6) is 0.967. The number of hydrogen-bond acceptors (Lipinski definition) is 4. The maximum Gasteiger partial charge on any atom is 0.241 e. The van der Waals surface area contributed by atoms with Gasteiger partial charge in [0.2, 0.25) is 5.91 Å². The lowest BCUT2D eigenvalue weighted by molar-refractivity contribution is -0.117. The predicted molar refractivity (Wildman–Crippen MR) is 69.1 cm³/mol. The Balaban J connectivity index is 0.00000256. The average Bonchev–Trinajstić information content (AvgIpc) is 2.28. The minimum absolute atomic E-state index is 0. The number of anilines is 1. The average molecular weight is 261 g/mol. The van der Waals surface area contributed by atoms with Gasteiger partial charge in [-0.3, -0.25) is 4.79 Å². The zero-order valence-corrected chi connectivity index (χ0v) is 10.8. The molecule has 17 heavy (non-hydrogen) atoms. The van der Waals surface area contributed by atoms with Crippen LogP contribution in [0.2, 0.25) is 0 Å². The zero-order valence-electron chi connectivity index (χ0n) is 10.0. The summed E-state index contributed by atoms with van der Waals surface area (Å²) >= 11 is 0. The van der Waals surface area contributed by atoms with Gasteiger partial charge in [-0.1, -0.05) is 0 Å². The number of ether oxygens (including phenoxy) is 2. The highest BCUT2D eigenvalue weighted by atomic mass is 35.5. The van der Waals surface area contributed by atoms with Crippen molar-refractivity contribution in [1.29, 1.82) is 0 Å². The van der Waals surface area contributed by atoms with E-state index >= 15 is 0 Å². The third kappa shape index (κ3) is 4.50. The lowest BCUT2D eigenvalue weighted by atomic mass is 10.2. The normalized spacial score (nSPS) is 11.1. The largest absolute Gasteiger partial charge is 0.497 e. The van der Waals surface area contributed by atoms with Crippen LogP contribution in [0, 0.1) is 0 Å². The monoisotopic (exact) mass is 260 g/mol. The molecule has 96 valence electrons. The Morgan fingerprint density at radius 2 is 1.71 bits per heavy atom. The summed E-state index contributed by atoms with van der Waals surface area (Å²) < 4.78 is 10.2. The fraction of sp³-hybridized carbons (Fsp3) is 0.364. The zero-order chi connectivity index (χ0) is 12.1. The number of carbonyl (C=O) groups is 1. The molecule has 0 aliphatic carbocycles. The van der Waals surface area contributed by atoms with Gasteiger partial charge in [0.1, 0.15) is 11.5 Å². The molecule has 0 aliphatic heterocycles. The number of halogens is 1. The van der Waals surface area contributed by atoms with Crippen LogP contribution in [0.3, 0.4) is 0 Å². The molecular formula is C11H17ClN2O3. The fourth-order valence-corrected chi connectivity index (χ4v) is 1.14. The molecule has 0 saturated carbocycles. The Labute approximate surface area is 107 Å². The van der Waals surface area contributed by atoms with Gasteiger partial charge in [0.15, 0.2) is 0 Å². The van der Waals surface area contributed by atoms with Crippen LogP contribution in [0.15, 0.2) is 18.2 Å². The van der Waals surface area contributed by atoms with E-state index < -0.39 is 6.04 Å². The Kier molecular flexibility index (Phi) is 6.38. The van der Waals surface area contributed by atoms with Crippen LogP contribution >= 0.6 is 12.4 Å². The van der Waals surface area contributed by atoms with Crippen LogP contribution in [0.25, 0.3) is 0 Å². The molecule has 1 atom stereocenters. The summed E-state index contributed by atoms with van der Waals surface area (Å²) in [7, 11) is 3.10. The molecule has 1 amide bonds. The summed E-state index contributed by atoms with van der Waals surface area (Å²) in [6.07, 6.45) is 0. The summed E-state index contributed by atoms with van der Waals surface area (Å²) in [6.45, 7) is 1.62. The first kappa shape index (κ1) is 15.5. The Hall–Kier alpha value is -1.46. The molecule has 0 bridgehead atoms. The Morgan fingerprint density at radius 1 is 1.24 bits per heavy atom. The molecule has 5 nitrogen and oxygen atoms in total. The van der Waals surface area contributed by atoms with E-state index in [9.17, 15) is 4.79 Å². The lowest BCUT2D eigenvalue weighted by Gasteiger charge is -2.11. The van der Waals surface area contributed by atoms with Gasteiger partial charge in [0.05, 0.1) is 20.3 Å². The molecule has 0 unspecified atom stereocenters. The highest BCUT2D eigenvalue weighted by molar-refractivity contribution is 5.94. The lowest BCUT2D eigenvalue weighted by Crippen LogP contribution is -2.32. The molecule has 6 heteroatoms. The number of hydrogen-bond donors (Lipinski definition) is 2. The third-order valence-electron chi connectivity index (χ3n) is 2.03. The highest BCUT2D eigenvalue weighted by Gasteiger charge is 2.09. The van der Waals surface area contributed by atoms with Crippen LogP contribution < -0.4 is 20.5 Å². The van der Waals surface area contributed by atoms with E-state index in [1.807, 2.05) is 0 Å². The molecule has 0 heterocycles. The molecule has 1 aromatic carbocycles. The molecule has 0 spiro atoms. The van der Waals surface area contributed by atoms with Gasteiger partial charge < -0.3 is 20.5 Å². The molecule has 1 aromatic rings. The van der Waals surface area contributed by atoms with Gasteiger partial charge >= 0.3 is 0 Å². The van der Waals surface area contributed by atoms with Crippen molar-refractivity contribution in [2.45, 2.75) is 13.0 Å². The van der Waals surface area contributed by atoms with E-state index in [0.29, 0.717) is 17.2 Å². The molecule has 0 aromatic heterocycles. The maximum atomic E-state index is 11.4.